The summed E-state index contributed by atoms with van der Waals surface area (Å²) in [5.74, 6) is -5.47. The molecule has 0 spiro atoms. The Morgan fingerprint density at radius 3 is 1.84 bits per heavy atom. The molecule has 1 heterocycles. The first-order chi connectivity index (χ1) is 17.7. The second-order valence-corrected chi connectivity index (χ2v) is 13.1. The normalized spacial score (nSPS) is 29.2. The maximum atomic E-state index is 13.9. The van der Waals surface area contributed by atoms with Gasteiger partial charge in [0.25, 0.3) is 23.4 Å². The summed E-state index contributed by atoms with van der Waals surface area (Å²) < 4.78 is -1.36. The summed E-state index contributed by atoms with van der Waals surface area (Å²) in [4.78, 5) is 47.8. The van der Waals surface area contributed by atoms with E-state index in [1.165, 1.54) is 12.1 Å². The average Bonchev–Trinajstić information content (AvgIpc) is 3.26. The highest BCUT2D eigenvalue weighted by molar-refractivity contribution is 9.10. The molecule has 198 valence electrons. The third-order valence-corrected chi connectivity index (χ3v) is 11.7. The maximum absolute atomic E-state index is 13.9. The molecule has 0 unspecified atom stereocenters. The highest BCUT2D eigenvalue weighted by Crippen LogP contribution is 2.77. The van der Waals surface area contributed by atoms with Crippen molar-refractivity contribution in [2.75, 3.05) is 0 Å². The van der Waals surface area contributed by atoms with E-state index in [1.54, 1.807) is 24.3 Å². The van der Waals surface area contributed by atoms with E-state index in [0.29, 0.717) is 10.6 Å². The topological polar surface area (TPSA) is 101 Å². The van der Waals surface area contributed by atoms with E-state index in [-0.39, 0.29) is 27.9 Å². The largest absolute Gasteiger partial charge is 0.273 e. The average molecular weight is 703 g/mol. The zero-order chi connectivity index (χ0) is 27.9. The Labute approximate surface area is 253 Å². The number of hydrogen-bond donors (Lipinski definition) is 0. The van der Waals surface area contributed by atoms with E-state index in [9.17, 15) is 24.5 Å². The molecule has 15 heteroatoms. The van der Waals surface area contributed by atoms with Crippen molar-refractivity contribution in [2.45, 2.75) is 20.6 Å². The van der Waals surface area contributed by atoms with Crippen molar-refractivity contribution in [3.63, 3.8) is 0 Å². The lowest BCUT2D eigenvalue weighted by molar-refractivity contribution is -0.384. The van der Waals surface area contributed by atoms with E-state index in [1.807, 2.05) is 0 Å². The number of nitro groups is 1. The van der Waals surface area contributed by atoms with Crippen LogP contribution in [0.2, 0.25) is 0 Å². The molecule has 1 aliphatic heterocycles. The molecule has 2 aromatic rings. The van der Waals surface area contributed by atoms with E-state index >= 15 is 0 Å². The number of rotatable bonds is 5. The van der Waals surface area contributed by atoms with E-state index < -0.39 is 48.6 Å². The number of amides is 3. The van der Waals surface area contributed by atoms with Gasteiger partial charge in [-0.3, -0.25) is 24.5 Å². The number of carbonyl (C=O) groups is 3. The fourth-order valence-electron chi connectivity index (χ4n) is 5.09. The number of hydrogen-bond acceptors (Lipinski definition) is 5. The summed E-state index contributed by atoms with van der Waals surface area (Å²) in [7, 11) is 0. The third kappa shape index (κ3) is 3.52. The van der Waals surface area contributed by atoms with E-state index in [2.05, 4.69) is 15.9 Å². The van der Waals surface area contributed by atoms with Crippen LogP contribution in [0.15, 0.2) is 63.1 Å². The Bertz CT molecular complexity index is 1410. The number of nitrogens with zero attached hydrogens (tertiary/aromatic N) is 3. The lowest BCUT2D eigenvalue weighted by Gasteiger charge is -2.37. The van der Waals surface area contributed by atoms with Gasteiger partial charge in [-0.1, -0.05) is 74.5 Å². The molecular formula is C23H12BrCl6N3O5. The second kappa shape index (κ2) is 9.23. The number of non-ortho nitro benzene ring substituents is 1. The van der Waals surface area contributed by atoms with Crippen LogP contribution in [0.4, 0.5) is 5.69 Å². The number of alkyl halides is 4. The molecule has 38 heavy (non-hydrogen) atoms. The Hall–Kier alpha value is -1.59. The highest BCUT2D eigenvalue weighted by Gasteiger charge is 2.88. The summed E-state index contributed by atoms with van der Waals surface area (Å²) >= 11 is 42.7. The number of imide groups is 1. The van der Waals surface area contributed by atoms with Crippen LogP contribution < -0.4 is 0 Å². The standard InChI is InChI=1S/C23H12BrCl6N3O5/c24-12-5-1-10(2-6-12)9-31(18(34)11-3-7-13(8-4-11)33(37)38)32-19(35)14-15(20(32)36)22(28)17(26)16(25)21(14,27)23(22,29)30/h1-8,14-15H,9H2/t14-,15-,21-,22-/m1/s1. The molecule has 0 N–H and O–H groups in total. The fourth-order valence-corrected chi connectivity index (χ4v) is 8.28. The Morgan fingerprint density at radius 1 is 0.921 bits per heavy atom. The summed E-state index contributed by atoms with van der Waals surface area (Å²) in [6.07, 6.45) is 0. The number of allylic oxidation sites excluding steroid dienone is 2. The second-order valence-electron chi connectivity index (χ2n) is 8.86. The molecule has 3 aliphatic rings. The molecule has 4 atom stereocenters. The van der Waals surface area contributed by atoms with Gasteiger partial charge >= 0.3 is 0 Å². The van der Waals surface area contributed by atoms with Gasteiger partial charge in [-0.25, -0.2) is 5.01 Å². The van der Waals surface area contributed by atoms with Crippen LogP contribution in [-0.2, 0) is 16.1 Å². The minimum absolute atomic E-state index is 0.0206. The molecule has 0 radical (unpaired) electrons. The highest BCUT2D eigenvalue weighted by atomic mass is 79.9. The molecule has 3 amide bonds. The molecule has 2 fully saturated rings. The number of hydrazine groups is 1. The molecule has 8 nitrogen and oxygen atoms in total. The van der Waals surface area contributed by atoms with Gasteiger partial charge in [0.1, 0.15) is 9.75 Å². The monoisotopic (exact) mass is 699 g/mol. The zero-order valence-electron chi connectivity index (χ0n) is 18.5. The molecule has 2 aliphatic carbocycles. The number of fused-ring (bicyclic) bond motifs is 5. The molecular weight excluding hydrogens is 691 g/mol. The van der Waals surface area contributed by atoms with Gasteiger partial charge < -0.3 is 0 Å². The Morgan fingerprint density at radius 2 is 1.39 bits per heavy atom. The van der Waals surface area contributed by atoms with E-state index in [4.69, 9.17) is 69.6 Å². The molecule has 5 rings (SSSR count). The SMILES string of the molecule is O=C(c1ccc([N+](=O)[O-])cc1)N(Cc1ccc(Br)cc1)N1C(=O)[C@H]2[C@H](C1=O)[C@@]1(Cl)C(Cl)=C(Cl)[C@@]2(Cl)C1(Cl)Cl. The van der Waals surface area contributed by atoms with Crippen LogP contribution >= 0.6 is 85.5 Å². The number of carbonyl (C=O) groups excluding carboxylic acids is 3. The van der Waals surface area contributed by atoms with Crippen LogP contribution in [0.1, 0.15) is 15.9 Å². The lowest BCUT2D eigenvalue weighted by atomic mass is 9.84. The first-order valence-electron chi connectivity index (χ1n) is 10.7. The summed E-state index contributed by atoms with van der Waals surface area (Å²) in [6.45, 7) is -0.230. The molecule has 2 bridgehead atoms. The van der Waals surface area contributed by atoms with Gasteiger partial charge in [-0.15, -0.1) is 23.2 Å². The van der Waals surface area contributed by atoms with Crippen molar-refractivity contribution in [1.82, 2.24) is 10.0 Å². The van der Waals surface area contributed by atoms with Crippen LogP contribution in [0.25, 0.3) is 0 Å². The minimum Gasteiger partial charge on any atom is -0.272 e. The van der Waals surface area contributed by atoms with Gasteiger partial charge in [0, 0.05) is 22.2 Å². The summed E-state index contributed by atoms with van der Waals surface area (Å²) in [5, 5.41) is 12.1. The Balaban J connectivity index is 1.60. The van der Waals surface area contributed by atoms with Gasteiger partial charge in [-0.2, -0.15) is 5.01 Å². The first kappa shape index (κ1) is 28.0. The minimum atomic E-state index is -2.12. The predicted molar refractivity (Wildman–Crippen MR) is 146 cm³/mol. The number of halogens is 7. The summed E-state index contributed by atoms with van der Waals surface area (Å²) in [5.41, 5.74) is 0.292. The van der Waals surface area contributed by atoms with Crippen molar-refractivity contribution >= 4 is 109 Å². The van der Waals surface area contributed by atoms with Crippen LogP contribution in [0.5, 0.6) is 0 Å². The maximum Gasteiger partial charge on any atom is 0.273 e. The third-order valence-electron chi connectivity index (χ3n) is 6.93. The van der Waals surface area contributed by atoms with Crippen molar-refractivity contribution in [2.24, 2.45) is 11.8 Å². The fraction of sp³-hybridized carbons (Fsp3) is 0.261. The predicted octanol–water partition coefficient (Wildman–Crippen LogP) is 6.36. The quantitative estimate of drug-likeness (QED) is 0.156. The number of nitro benzene ring substituents is 1. The summed E-state index contributed by atoms with van der Waals surface area (Å²) in [6, 6.07) is 11.5. The van der Waals surface area contributed by atoms with Crippen LogP contribution in [0, 0.1) is 22.0 Å². The zero-order valence-corrected chi connectivity index (χ0v) is 24.6. The van der Waals surface area contributed by atoms with Crippen molar-refractivity contribution in [3.05, 3.63) is 84.3 Å². The van der Waals surface area contributed by atoms with E-state index in [0.717, 1.165) is 21.6 Å². The van der Waals surface area contributed by atoms with Gasteiger partial charge in [0.15, 0.2) is 4.33 Å². The van der Waals surface area contributed by atoms with Crippen LogP contribution in [-0.4, -0.2) is 46.7 Å². The van der Waals surface area contributed by atoms with Gasteiger partial charge in [-0.05, 0) is 29.8 Å². The first-order valence-corrected chi connectivity index (χ1v) is 13.8. The van der Waals surface area contributed by atoms with Gasteiger partial charge in [0.05, 0.1) is 33.4 Å². The number of benzene rings is 2. The smallest absolute Gasteiger partial charge is 0.272 e. The van der Waals surface area contributed by atoms with Gasteiger partial charge in [0.2, 0.25) is 0 Å². The molecule has 1 saturated carbocycles. The molecule has 0 aromatic heterocycles. The lowest BCUT2D eigenvalue weighted by Crippen LogP contribution is -2.55. The molecule has 1 saturated heterocycles. The van der Waals surface area contributed by atoms with Crippen molar-refractivity contribution in [3.8, 4) is 0 Å². The van der Waals surface area contributed by atoms with Crippen molar-refractivity contribution < 1.29 is 19.3 Å². The molecule has 2 aromatic carbocycles. The van der Waals surface area contributed by atoms with Crippen LogP contribution in [0.3, 0.4) is 0 Å². The van der Waals surface area contributed by atoms with Crippen molar-refractivity contribution in [1.29, 1.82) is 0 Å². The Kier molecular flexibility index (Phi) is 6.79.